The number of carbonyl (C=O) groups excluding carboxylic acids is 1. The summed E-state index contributed by atoms with van der Waals surface area (Å²) in [5.41, 5.74) is 4.04. The molecule has 2 atom stereocenters. The molecule has 1 aliphatic heterocycles. The van der Waals surface area contributed by atoms with Crippen LogP contribution in [0.2, 0.25) is 0 Å². The van der Waals surface area contributed by atoms with Crippen molar-refractivity contribution in [3.63, 3.8) is 0 Å². The van der Waals surface area contributed by atoms with E-state index in [1.165, 1.54) is 24.0 Å². The van der Waals surface area contributed by atoms with E-state index >= 15 is 0 Å². The average molecular weight is 377 g/mol. The zero-order chi connectivity index (χ0) is 19.8. The number of hydrogen-bond donors (Lipinski definition) is 2. The number of carboxylic acids is 1. The molecule has 0 aromatic heterocycles. The Balaban J connectivity index is 0.000000188. The third kappa shape index (κ3) is 5.56. The van der Waals surface area contributed by atoms with Gasteiger partial charge in [-0.3, -0.25) is 4.79 Å². The van der Waals surface area contributed by atoms with Gasteiger partial charge in [0.1, 0.15) is 6.04 Å². The molecular weight excluding hydrogens is 350 g/mol. The zero-order valence-electron chi connectivity index (χ0n) is 16.0. The van der Waals surface area contributed by atoms with Gasteiger partial charge in [0.05, 0.1) is 0 Å². The van der Waals surface area contributed by atoms with Crippen LogP contribution in [0, 0.1) is 0 Å². The van der Waals surface area contributed by atoms with Gasteiger partial charge < -0.3 is 10.4 Å². The molecule has 2 aromatic rings. The number of rotatable bonds is 2. The minimum absolute atomic E-state index is 0.170. The predicted molar refractivity (Wildman–Crippen MR) is 111 cm³/mol. The van der Waals surface area contributed by atoms with Crippen molar-refractivity contribution in [2.75, 3.05) is 0 Å². The molecule has 1 aliphatic carbocycles. The van der Waals surface area contributed by atoms with Crippen LogP contribution < -0.4 is 5.32 Å². The first-order valence-electron chi connectivity index (χ1n) is 9.95. The first kappa shape index (κ1) is 19.9. The Kier molecular flexibility index (Phi) is 7.01. The summed E-state index contributed by atoms with van der Waals surface area (Å²) >= 11 is 0. The Hall–Kier alpha value is -2.88. The first-order valence-corrected chi connectivity index (χ1v) is 9.95. The number of nitrogens with one attached hydrogen (secondary N) is 1. The van der Waals surface area contributed by atoms with Gasteiger partial charge in [0.2, 0.25) is 5.91 Å². The summed E-state index contributed by atoms with van der Waals surface area (Å²) in [4.78, 5) is 22.7. The van der Waals surface area contributed by atoms with Gasteiger partial charge in [-0.05, 0) is 48.3 Å². The van der Waals surface area contributed by atoms with E-state index in [4.69, 9.17) is 5.11 Å². The van der Waals surface area contributed by atoms with E-state index < -0.39 is 12.0 Å². The van der Waals surface area contributed by atoms with Gasteiger partial charge in [0.15, 0.2) is 0 Å². The fraction of sp³-hybridized carbons (Fsp3) is 0.333. The molecule has 0 bridgehead atoms. The second-order valence-electron chi connectivity index (χ2n) is 7.34. The number of benzene rings is 2. The third-order valence-corrected chi connectivity index (χ3v) is 5.31. The van der Waals surface area contributed by atoms with E-state index in [2.05, 4.69) is 41.7 Å². The Morgan fingerprint density at radius 1 is 1.00 bits per heavy atom. The minimum atomic E-state index is -0.943. The van der Waals surface area contributed by atoms with Gasteiger partial charge >= 0.3 is 5.97 Å². The smallest absolute Gasteiger partial charge is 0.326 e. The number of amides is 1. The van der Waals surface area contributed by atoms with Crippen molar-refractivity contribution < 1.29 is 14.7 Å². The van der Waals surface area contributed by atoms with E-state index in [0.29, 0.717) is 12.8 Å². The zero-order valence-corrected chi connectivity index (χ0v) is 16.0. The largest absolute Gasteiger partial charge is 0.480 e. The molecule has 2 unspecified atom stereocenters. The highest BCUT2D eigenvalue weighted by Crippen LogP contribution is 2.27. The van der Waals surface area contributed by atoms with Crippen LogP contribution >= 0.6 is 0 Å². The molecule has 1 amide bonds. The third-order valence-electron chi connectivity index (χ3n) is 5.31. The monoisotopic (exact) mass is 377 g/mol. The highest BCUT2D eigenvalue weighted by molar-refractivity contribution is 5.84. The molecule has 2 aromatic carbocycles. The first-order chi connectivity index (χ1) is 13.6. The fourth-order valence-electron chi connectivity index (χ4n) is 3.79. The molecule has 28 heavy (non-hydrogen) atoms. The van der Waals surface area contributed by atoms with Crippen molar-refractivity contribution >= 4 is 18.0 Å². The van der Waals surface area contributed by atoms with Crippen LogP contribution in [0.15, 0.2) is 60.7 Å². The molecule has 0 saturated carbocycles. The molecule has 4 nitrogen and oxygen atoms in total. The average Bonchev–Trinajstić information content (AvgIpc) is 2.71. The summed E-state index contributed by atoms with van der Waals surface area (Å²) < 4.78 is 0. The summed E-state index contributed by atoms with van der Waals surface area (Å²) in [6.07, 6.45) is 9.42. The SMILES string of the molecule is C1=Cc2ccccc2CC1.O=C1CC(c2ccccc2)CCCC(C(=O)O)N1. The number of carbonyl (C=O) groups is 2. The van der Waals surface area contributed by atoms with Crippen molar-refractivity contribution in [1.82, 2.24) is 5.32 Å². The molecule has 1 heterocycles. The highest BCUT2D eigenvalue weighted by Gasteiger charge is 2.25. The summed E-state index contributed by atoms with van der Waals surface area (Å²) in [7, 11) is 0. The molecule has 2 aliphatic rings. The topological polar surface area (TPSA) is 66.4 Å². The van der Waals surface area contributed by atoms with Crippen LogP contribution in [0.4, 0.5) is 0 Å². The van der Waals surface area contributed by atoms with E-state index in [-0.39, 0.29) is 11.8 Å². The number of fused-ring (bicyclic) bond motifs is 1. The Morgan fingerprint density at radius 2 is 1.75 bits per heavy atom. The van der Waals surface area contributed by atoms with Crippen molar-refractivity contribution in [2.24, 2.45) is 0 Å². The van der Waals surface area contributed by atoms with Crippen molar-refractivity contribution in [1.29, 1.82) is 0 Å². The lowest BCUT2D eigenvalue weighted by Crippen LogP contribution is -2.42. The standard InChI is InChI=1S/C14H17NO3.C10H10/c16-13-9-11(10-5-2-1-3-6-10)7-4-8-12(15-13)14(17)18;1-2-6-10-8-4-3-7-9(10)5-1/h1-3,5-6,11-12H,4,7-9H2,(H,15,16)(H,17,18);1-3,5-7H,4,8H2. The van der Waals surface area contributed by atoms with Gasteiger partial charge in [0.25, 0.3) is 0 Å². The second-order valence-corrected chi connectivity index (χ2v) is 7.34. The summed E-state index contributed by atoms with van der Waals surface area (Å²) in [5, 5.41) is 11.5. The Morgan fingerprint density at radius 3 is 2.50 bits per heavy atom. The maximum Gasteiger partial charge on any atom is 0.326 e. The molecule has 1 saturated heterocycles. The van der Waals surface area contributed by atoms with Gasteiger partial charge in [-0.15, -0.1) is 0 Å². The Labute approximate surface area is 166 Å². The van der Waals surface area contributed by atoms with Gasteiger partial charge in [-0.2, -0.15) is 0 Å². The quantitative estimate of drug-likeness (QED) is 0.806. The molecule has 4 rings (SSSR count). The summed E-state index contributed by atoms with van der Waals surface area (Å²) in [5.74, 6) is -0.918. The number of aliphatic carboxylic acids is 1. The Bertz CT molecular complexity index is 829. The van der Waals surface area contributed by atoms with Crippen molar-refractivity contribution in [3.05, 3.63) is 77.4 Å². The van der Waals surface area contributed by atoms with Crippen LogP contribution in [0.25, 0.3) is 6.08 Å². The summed E-state index contributed by atoms with van der Waals surface area (Å²) in [6, 6.07) is 17.8. The van der Waals surface area contributed by atoms with Crippen LogP contribution in [-0.2, 0) is 16.0 Å². The fourth-order valence-corrected chi connectivity index (χ4v) is 3.79. The minimum Gasteiger partial charge on any atom is -0.480 e. The van der Waals surface area contributed by atoms with E-state index in [1.807, 2.05) is 30.3 Å². The molecule has 0 radical (unpaired) electrons. The van der Waals surface area contributed by atoms with Crippen LogP contribution in [0.3, 0.4) is 0 Å². The lowest BCUT2D eigenvalue weighted by atomic mass is 9.88. The number of carboxylic acid groups (broad SMARTS) is 1. The number of allylic oxidation sites excluding steroid dienone is 1. The van der Waals surface area contributed by atoms with Crippen molar-refractivity contribution in [2.45, 2.75) is 50.5 Å². The van der Waals surface area contributed by atoms with Gasteiger partial charge in [-0.1, -0.05) is 73.2 Å². The molecular formula is C24H27NO3. The lowest BCUT2D eigenvalue weighted by Gasteiger charge is -2.23. The molecule has 146 valence electrons. The predicted octanol–water partition coefficient (Wildman–Crippen LogP) is 4.56. The highest BCUT2D eigenvalue weighted by atomic mass is 16.4. The number of hydrogen-bond acceptors (Lipinski definition) is 2. The van der Waals surface area contributed by atoms with E-state index in [0.717, 1.165) is 18.4 Å². The van der Waals surface area contributed by atoms with Crippen molar-refractivity contribution in [3.8, 4) is 0 Å². The molecule has 4 heteroatoms. The van der Waals surface area contributed by atoms with E-state index in [9.17, 15) is 9.59 Å². The lowest BCUT2D eigenvalue weighted by molar-refractivity contribution is -0.142. The summed E-state index contributed by atoms with van der Waals surface area (Å²) in [6.45, 7) is 0. The van der Waals surface area contributed by atoms with Crippen LogP contribution in [-0.4, -0.2) is 23.0 Å². The van der Waals surface area contributed by atoms with Gasteiger partial charge in [0, 0.05) is 6.42 Å². The maximum atomic E-state index is 11.8. The molecule has 2 N–H and O–H groups in total. The van der Waals surface area contributed by atoms with Crippen LogP contribution in [0.1, 0.15) is 54.7 Å². The van der Waals surface area contributed by atoms with Crippen LogP contribution in [0.5, 0.6) is 0 Å². The maximum absolute atomic E-state index is 11.8. The normalized spacial score (nSPS) is 21.2. The number of aryl methyl sites for hydroxylation is 1. The molecule has 0 spiro atoms. The van der Waals surface area contributed by atoms with E-state index in [1.54, 1.807) is 0 Å². The second kappa shape index (κ2) is 9.88. The van der Waals surface area contributed by atoms with Gasteiger partial charge in [-0.25, -0.2) is 4.79 Å². The molecule has 1 fully saturated rings.